The van der Waals surface area contributed by atoms with E-state index in [1.54, 1.807) is 31.4 Å². The summed E-state index contributed by atoms with van der Waals surface area (Å²) in [5.74, 6) is -0.216. The number of rotatable bonds is 4. The predicted octanol–water partition coefficient (Wildman–Crippen LogP) is 0.0414. The van der Waals surface area contributed by atoms with Gasteiger partial charge >= 0.3 is 17.3 Å². The number of H-pyrrole nitrogens is 1. The summed E-state index contributed by atoms with van der Waals surface area (Å²) in [5.41, 5.74) is 0.466. The number of nitrogens with one attached hydrogen (secondary N) is 2. The summed E-state index contributed by atoms with van der Waals surface area (Å²) in [6, 6.07) is 7.05. The molecule has 0 saturated carbocycles. The van der Waals surface area contributed by atoms with Gasteiger partial charge in [0.05, 0.1) is 7.11 Å². The Morgan fingerprint density at radius 3 is 2.77 bits per heavy atom. The molecule has 1 saturated heterocycles. The molecule has 0 amide bonds. The van der Waals surface area contributed by atoms with Gasteiger partial charge in [0.1, 0.15) is 11.0 Å². The van der Waals surface area contributed by atoms with Gasteiger partial charge < -0.3 is 9.84 Å². The minimum atomic E-state index is -0.907. The van der Waals surface area contributed by atoms with Gasteiger partial charge in [-0.2, -0.15) is 0 Å². The summed E-state index contributed by atoms with van der Waals surface area (Å²) < 4.78 is 11.5. The van der Waals surface area contributed by atoms with E-state index in [2.05, 4.69) is 10.6 Å². The van der Waals surface area contributed by atoms with Gasteiger partial charge in [0.2, 0.25) is 5.69 Å². The molecule has 1 aromatic carbocycles. The van der Waals surface area contributed by atoms with E-state index in [4.69, 9.17) is 14.4 Å². The number of ether oxygens (including phenoxy) is 1. The van der Waals surface area contributed by atoms with Crippen LogP contribution in [0.15, 0.2) is 33.6 Å². The molecule has 0 aliphatic carbocycles. The van der Waals surface area contributed by atoms with Crippen molar-refractivity contribution in [1.82, 2.24) is 10.6 Å². The van der Waals surface area contributed by atoms with Gasteiger partial charge in [0, 0.05) is 18.7 Å². The number of carboxylic acid groups (broad SMARTS) is 1. The van der Waals surface area contributed by atoms with Crippen molar-refractivity contribution in [2.24, 2.45) is 0 Å². The van der Waals surface area contributed by atoms with E-state index in [9.17, 15) is 9.59 Å². The molecule has 3 rings (SSSR count). The van der Waals surface area contributed by atoms with Crippen molar-refractivity contribution >= 4 is 17.7 Å². The fraction of sp³-hybridized carbons (Fsp3) is 0.308. The topological polar surface area (TPSA) is 108 Å². The second-order valence-corrected chi connectivity index (χ2v) is 5.96. The zero-order valence-electron chi connectivity index (χ0n) is 11.6. The molecule has 0 radical (unpaired) electrons. The van der Waals surface area contributed by atoms with E-state index >= 15 is 0 Å². The summed E-state index contributed by atoms with van der Waals surface area (Å²) in [6.07, 6.45) is 0. The van der Waals surface area contributed by atoms with Crippen molar-refractivity contribution in [3.05, 3.63) is 40.4 Å². The number of carbonyl (C=O) groups is 1. The largest absolute Gasteiger partial charge is 0.497 e. The smallest absolute Gasteiger partial charge is 0.433 e. The zero-order valence-corrected chi connectivity index (χ0v) is 12.4. The molecule has 116 valence electrons. The Balaban J connectivity index is 1.94. The third-order valence-electron chi connectivity index (χ3n) is 3.32. The van der Waals surface area contributed by atoms with E-state index < -0.39 is 22.2 Å². The molecule has 0 spiro atoms. The van der Waals surface area contributed by atoms with Crippen molar-refractivity contribution in [1.29, 1.82) is 0 Å². The first-order chi connectivity index (χ1) is 10.6. The van der Waals surface area contributed by atoms with Crippen molar-refractivity contribution in [2.75, 3.05) is 13.7 Å². The van der Waals surface area contributed by atoms with Crippen LogP contribution in [-0.2, 0) is 4.79 Å². The fourth-order valence-corrected chi connectivity index (χ4v) is 3.37. The van der Waals surface area contributed by atoms with Crippen LogP contribution in [0.2, 0.25) is 0 Å². The van der Waals surface area contributed by atoms with E-state index in [0.29, 0.717) is 17.1 Å². The van der Waals surface area contributed by atoms with Gasteiger partial charge in [-0.3, -0.25) is 14.6 Å². The van der Waals surface area contributed by atoms with Gasteiger partial charge in [-0.15, -0.1) is 11.8 Å². The lowest BCUT2D eigenvalue weighted by molar-refractivity contribution is -0.677. The third-order valence-corrected chi connectivity index (χ3v) is 4.68. The number of aromatic nitrogens is 2. The van der Waals surface area contributed by atoms with Crippen molar-refractivity contribution in [3.8, 4) is 11.4 Å². The molecule has 1 fully saturated rings. The minimum Gasteiger partial charge on any atom is -0.497 e. The lowest BCUT2D eigenvalue weighted by atomic mass is 10.3. The number of hydrogen-bond acceptors (Lipinski definition) is 6. The number of nitrogens with zero attached hydrogens (tertiary/aromatic N) is 1. The Morgan fingerprint density at radius 2 is 2.18 bits per heavy atom. The Hall–Kier alpha value is -2.26. The number of thioether (sulfide) groups is 1. The number of benzene rings is 1. The van der Waals surface area contributed by atoms with E-state index in [0.717, 1.165) is 0 Å². The molecule has 2 heterocycles. The highest BCUT2D eigenvalue weighted by atomic mass is 32.2. The first kappa shape index (κ1) is 14.7. The van der Waals surface area contributed by atoms with Crippen LogP contribution in [0, 0.1) is 0 Å². The summed E-state index contributed by atoms with van der Waals surface area (Å²) in [4.78, 5) is 23.0. The van der Waals surface area contributed by atoms with Crippen molar-refractivity contribution < 1.29 is 23.8 Å². The SMILES string of the molecule is COc1ccc(-[n+]2[nH]oc(=O)c2C2NCC(C(=O)O)S2)cc1. The standard InChI is InChI=1S/C13H13N3O5S/c1-20-8-4-2-7(3-5-8)16-10(13(19)21-15-16)11-14-6-9(22-11)12(17)18/h2-5,9,11,14H,6H2,1H3,(H-,15,17,18,19)/p+1. The maximum atomic E-state index is 12.0. The number of hydrogen-bond donors (Lipinski definition) is 3. The monoisotopic (exact) mass is 324 g/mol. The number of aliphatic carboxylic acids is 1. The average Bonchev–Trinajstić information content (AvgIpc) is 3.14. The Kier molecular flexibility index (Phi) is 3.90. The summed E-state index contributed by atoms with van der Waals surface area (Å²) in [5, 5.41) is 13.6. The second kappa shape index (κ2) is 5.85. The van der Waals surface area contributed by atoms with Gasteiger partial charge in [-0.05, 0) is 22.1 Å². The number of methoxy groups -OCH3 is 1. The molecule has 9 heteroatoms. The second-order valence-electron chi connectivity index (χ2n) is 4.65. The molecule has 2 atom stereocenters. The average molecular weight is 324 g/mol. The molecule has 0 bridgehead atoms. The lowest BCUT2D eigenvalue weighted by Gasteiger charge is -2.03. The molecule has 22 heavy (non-hydrogen) atoms. The van der Waals surface area contributed by atoms with Gasteiger partial charge in [0.25, 0.3) is 0 Å². The number of aromatic amines is 1. The number of carboxylic acids is 1. The maximum absolute atomic E-state index is 12.0. The lowest BCUT2D eigenvalue weighted by Crippen LogP contribution is -2.41. The van der Waals surface area contributed by atoms with Crippen molar-refractivity contribution in [2.45, 2.75) is 10.6 Å². The summed E-state index contributed by atoms with van der Waals surface area (Å²) >= 11 is 1.17. The van der Waals surface area contributed by atoms with E-state index in [1.165, 1.54) is 16.4 Å². The molecule has 1 aromatic heterocycles. The van der Waals surface area contributed by atoms with Gasteiger partial charge in [0.15, 0.2) is 5.37 Å². The Labute approximate surface area is 129 Å². The molecular weight excluding hydrogens is 310 g/mol. The van der Waals surface area contributed by atoms with Gasteiger partial charge in [-0.1, -0.05) is 0 Å². The highest BCUT2D eigenvalue weighted by Gasteiger charge is 2.40. The van der Waals surface area contributed by atoms with Crippen LogP contribution < -0.4 is 20.4 Å². The highest BCUT2D eigenvalue weighted by Crippen LogP contribution is 2.32. The third kappa shape index (κ3) is 2.60. The van der Waals surface area contributed by atoms with Crippen LogP contribution in [0.5, 0.6) is 5.75 Å². The van der Waals surface area contributed by atoms with Crippen LogP contribution in [0.4, 0.5) is 0 Å². The predicted molar refractivity (Wildman–Crippen MR) is 77.2 cm³/mol. The van der Waals surface area contributed by atoms with E-state index in [-0.39, 0.29) is 6.54 Å². The first-order valence-electron chi connectivity index (χ1n) is 6.49. The fourth-order valence-electron chi connectivity index (χ4n) is 2.21. The molecule has 1 aliphatic heterocycles. The molecule has 1 aliphatic rings. The molecular formula is C13H14N3O5S+. The van der Waals surface area contributed by atoms with Crippen LogP contribution in [-0.4, -0.2) is 35.3 Å². The Bertz CT molecular complexity index is 739. The molecule has 3 N–H and O–H groups in total. The molecule has 2 aromatic rings. The summed E-state index contributed by atoms with van der Waals surface area (Å²) in [6.45, 7) is 0.290. The van der Waals surface area contributed by atoms with E-state index in [1.807, 2.05) is 0 Å². The van der Waals surface area contributed by atoms with Gasteiger partial charge in [-0.25, -0.2) is 4.79 Å². The maximum Gasteiger partial charge on any atom is 0.433 e. The van der Waals surface area contributed by atoms with Crippen molar-refractivity contribution in [3.63, 3.8) is 0 Å². The zero-order chi connectivity index (χ0) is 15.7. The normalized spacial score (nSPS) is 21.0. The first-order valence-corrected chi connectivity index (χ1v) is 7.44. The minimum absolute atomic E-state index is 0.290. The van der Waals surface area contributed by atoms with Crippen LogP contribution in [0.1, 0.15) is 11.1 Å². The van der Waals surface area contributed by atoms with Crippen LogP contribution in [0.25, 0.3) is 5.69 Å². The van der Waals surface area contributed by atoms with Crippen LogP contribution in [0.3, 0.4) is 0 Å². The highest BCUT2D eigenvalue weighted by molar-refractivity contribution is 8.01. The molecule has 2 unspecified atom stereocenters. The molecule has 8 nitrogen and oxygen atoms in total. The Morgan fingerprint density at radius 1 is 1.45 bits per heavy atom. The quantitative estimate of drug-likeness (QED) is 0.681. The van der Waals surface area contributed by atoms with Crippen LogP contribution >= 0.6 is 11.8 Å². The summed E-state index contributed by atoms with van der Waals surface area (Å²) in [7, 11) is 1.57.